The molecule has 0 spiro atoms. The lowest BCUT2D eigenvalue weighted by Gasteiger charge is -2.22. The van der Waals surface area contributed by atoms with Gasteiger partial charge in [0.15, 0.2) is 11.2 Å². The van der Waals surface area contributed by atoms with Crippen molar-refractivity contribution in [3.63, 3.8) is 0 Å². The molecule has 0 radical (unpaired) electrons. The first-order chi connectivity index (χ1) is 15.0. The number of amides is 1. The lowest BCUT2D eigenvalue weighted by molar-refractivity contribution is 0.0969. The number of anilines is 1. The number of hydrogen-bond donors (Lipinski definition) is 0. The third-order valence-corrected chi connectivity index (χ3v) is 5.61. The molecule has 7 heteroatoms. The second kappa shape index (κ2) is 7.12. The molecule has 1 aliphatic rings. The van der Waals surface area contributed by atoms with E-state index in [2.05, 4.69) is 5.16 Å². The minimum Gasteiger partial charge on any atom is -0.497 e. The molecule has 4 aromatic rings. The van der Waals surface area contributed by atoms with Crippen LogP contribution in [-0.2, 0) is 6.42 Å². The van der Waals surface area contributed by atoms with Crippen LogP contribution in [0.2, 0.25) is 0 Å². The fourth-order valence-electron chi connectivity index (χ4n) is 4.07. The van der Waals surface area contributed by atoms with E-state index >= 15 is 0 Å². The molecule has 0 unspecified atom stereocenters. The molecule has 5 rings (SSSR count). The molecule has 156 valence electrons. The van der Waals surface area contributed by atoms with Crippen LogP contribution in [0.15, 0.2) is 62.3 Å². The van der Waals surface area contributed by atoms with Gasteiger partial charge < -0.3 is 13.7 Å². The standard InChI is InChI=1S/C24H20N2O5/c1-4-14-8-9-18-17(11-14)22(27)20-21(15-6-5-7-16(12-15)29-3)26(24(28)23(20)30-18)19-10-13(2)31-25-19/h5-12,21H,4H2,1-3H3/t21-/m1/s1. The van der Waals surface area contributed by atoms with Crippen molar-refractivity contribution in [1.82, 2.24) is 5.16 Å². The van der Waals surface area contributed by atoms with Gasteiger partial charge in [0.2, 0.25) is 5.76 Å². The maximum Gasteiger partial charge on any atom is 0.296 e. The number of aromatic nitrogens is 1. The van der Waals surface area contributed by atoms with E-state index in [1.165, 1.54) is 4.90 Å². The number of nitrogens with zero attached hydrogens (tertiary/aromatic N) is 2. The molecule has 2 aromatic heterocycles. The molecule has 0 saturated carbocycles. The molecule has 0 aliphatic carbocycles. The zero-order valence-corrected chi connectivity index (χ0v) is 17.3. The van der Waals surface area contributed by atoms with E-state index in [0.29, 0.717) is 39.4 Å². The van der Waals surface area contributed by atoms with Crippen LogP contribution in [0.4, 0.5) is 5.82 Å². The number of methoxy groups -OCH3 is 1. The Morgan fingerprint density at radius 2 is 1.97 bits per heavy atom. The summed E-state index contributed by atoms with van der Waals surface area (Å²) in [5, 5.41) is 4.49. The lowest BCUT2D eigenvalue weighted by atomic mass is 9.97. The van der Waals surface area contributed by atoms with Gasteiger partial charge in [0.25, 0.3) is 5.91 Å². The number of hydrogen-bond acceptors (Lipinski definition) is 6. The molecule has 0 fully saturated rings. The number of fused-ring (bicyclic) bond motifs is 2. The third-order valence-electron chi connectivity index (χ3n) is 5.61. The fraction of sp³-hybridized carbons (Fsp3) is 0.208. The van der Waals surface area contributed by atoms with E-state index in [4.69, 9.17) is 13.7 Å². The van der Waals surface area contributed by atoms with Gasteiger partial charge in [-0.25, -0.2) is 0 Å². The van der Waals surface area contributed by atoms with Crippen LogP contribution in [0.3, 0.4) is 0 Å². The minimum absolute atomic E-state index is 0.0234. The van der Waals surface area contributed by atoms with Gasteiger partial charge in [-0.2, -0.15) is 0 Å². The number of benzene rings is 2. The molecule has 0 bridgehead atoms. The van der Waals surface area contributed by atoms with Crippen molar-refractivity contribution in [2.24, 2.45) is 0 Å². The number of carbonyl (C=O) groups excluding carboxylic acids is 1. The second-order valence-electron chi connectivity index (χ2n) is 7.51. The van der Waals surface area contributed by atoms with Gasteiger partial charge in [-0.05, 0) is 48.7 Å². The van der Waals surface area contributed by atoms with Crippen molar-refractivity contribution < 1.29 is 18.5 Å². The predicted molar refractivity (Wildman–Crippen MR) is 115 cm³/mol. The highest BCUT2D eigenvalue weighted by Crippen LogP contribution is 2.41. The predicted octanol–water partition coefficient (Wildman–Crippen LogP) is 4.41. The fourth-order valence-corrected chi connectivity index (χ4v) is 4.07. The van der Waals surface area contributed by atoms with E-state index in [0.717, 1.165) is 12.0 Å². The first-order valence-corrected chi connectivity index (χ1v) is 10.0. The third kappa shape index (κ3) is 2.92. The van der Waals surface area contributed by atoms with E-state index in [-0.39, 0.29) is 11.2 Å². The summed E-state index contributed by atoms with van der Waals surface area (Å²) in [5.41, 5.74) is 2.18. The van der Waals surface area contributed by atoms with Crippen molar-refractivity contribution in [1.29, 1.82) is 0 Å². The second-order valence-corrected chi connectivity index (χ2v) is 7.51. The average molecular weight is 416 g/mol. The van der Waals surface area contributed by atoms with Crippen molar-refractivity contribution in [2.45, 2.75) is 26.3 Å². The molecular formula is C24H20N2O5. The van der Waals surface area contributed by atoms with Crippen molar-refractivity contribution in [3.8, 4) is 5.75 Å². The number of ether oxygens (including phenoxy) is 1. The molecule has 1 aliphatic heterocycles. The van der Waals surface area contributed by atoms with Gasteiger partial charge >= 0.3 is 0 Å². The van der Waals surface area contributed by atoms with E-state index < -0.39 is 11.9 Å². The molecular weight excluding hydrogens is 396 g/mol. The molecule has 7 nitrogen and oxygen atoms in total. The highest BCUT2D eigenvalue weighted by Gasteiger charge is 2.45. The average Bonchev–Trinajstić information content (AvgIpc) is 3.34. The molecule has 31 heavy (non-hydrogen) atoms. The van der Waals surface area contributed by atoms with E-state index in [1.807, 2.05) is 37.3 Å². The Balaban J connectivity index is 1.81. The monoisotopic (exact) mass is 416 g/mol. The minimum atomic E-state index is -0.715. The van der Waals surface area contributed by atoms with Crippen LogP contribution in [-0.4, -0.2) is 18.2 Å². The normalized spacial score (nSPS) is 15.5. The summed E-state index contributed by atoms with van der Waals surface area (Å²) >= 11 is 0. The lowest BCUT2D eigenvalue weighted by Crippen LogP contribution is -2.29. The SMILES string of the molecule is CCc1ccc2oc3c(c(=O)c2c1)[C@@H](c1cccc(OC)c1)N(c1cc(C)on1)C3=O. The largest absolute Gasteiger partial charge is 0.497 e. The summed E-state index contributed by atoms with van der Waals surface area (Å²) in [6.45, 7) is 3.77. The molecule has 1 amide bonds. The maximum atomic E-state index is 13.6. The van der Waals surface area contributed by atoms with Crippen LogP contribution in [0, 0.1) is 6.92 Å². The summed E-state index contributed by atoms with van der Waals surface area (Å²) in [7, 11) is 1.57. The van der Waals surface area contributed by atoms with Crippen LogP contribution in [0.5, 0.6) is 5.75 Å². The molecule has 2 aromatic carbocycles. The molecule has 0 N–H and O–H groups in total. The Kier molecular flexibility index (Phi) is 4.39. The smallest absolute Gasteiger partial charge is 0.296 e. The van der Waals surface area contributed by atoms with Gasteiger partial charge in [0.05, 0.1) is 24.1 Å². The Labute approximate surface area is 177 Å². The van der Waals surface area contributed by atoms with Gasteiger partial charge in [-0.1, -0.05) is 30.3 Å². The first-order valence-electron chi connectivity index (χ1n) is 10.0. The van der Waals surface area contributed by atoms with Gasteiger partial charge in [-0.3, -0.25) is 14.5 Å². The zero-order chi connectivity index (χ0) is 21.7. The number of rotatable bonds is 4. The number of carbonyl (C=O) groups is 1. The van der Waals surface area contributed by atoms with Crippen LogP contribution >= 0.6 is 0 Å². The first kappa shape index (κ1) is 19.1. The van der Waals surface area contributed by atoms with Crippen LogP contribution in [0.25, 0.3) is 11.0 Å². The van der Waals surface area contributed by atoms with Crippen LogP contribution in [0.1, 0.15) is 46.0 Å². The van der Waals surface area contributed by atoms with Gasteiger partial charge in [0.1, 0.15) is 17.1 Å². The van der Waals surface area contributed by atoms with Crippen molar-refractivity contribution in [2.75, 3.05) is 12.0 Å². The highest BCUT2D eigenvalue weighted by molar-refractivity contribution is 6.10. The quantitative estimate of drug-likeness (QED) is 0.490. The summed E-state index contributed by atoms with van der Waals surface area (Å²) < 4.78 is 16.6. The summed E-state index contributed by atoms with van der Waals surface area (Å²) in [6, 6.07) is 13.7. The Morgan fingerprint density at radius 3 is 2.68 bits per heavy atom. The van der Waals surface area contributed by atoms with E-state index in [1.54, 1.807) is 32.2 Å². The molecule has 1 atom stereocenters. The molecule has 3 heterocycles. The summed E-state index contributed by atoms with van der Waals surface area (Å²) in [5.74, 6) is 1.08. The topological polar surface area (TPSA) is 85.8 Å². The van der Waals surface area contributed by atoms with Gasteiger partial charge in [-0.15, -0.1) is 0 Å². The Morgan fingerprint density at radius 1 is 1.13 bits per heavy atom. The number of aryl methyl sites for hydroxylation is 2. The molecule has 0 saturated heterocycles. The van der Waals surface area contributed by atoms with Crippen LogP contribution < -0.4 is 15.1 Å². The maximum absolute atomic E-state index is 13.6. The van der Waals surface area contributed by atoms with Crippen molar-refractivity contribution >= 4 is 22.7 Å². The zero-order valence-electron chi connectivity index (χ0n) is 17.3. The summed E-state index contributed by atoms with van der Waals surface area (Å²) in [4.78, 5) is 28.5. The van der Waals surface area contributed by atoms with Crippen molar-refractivity contribution in [3.05, 3.63) is 87.0 Å². The Hall–Kier alpha value is -3.87. The Bertz CT molecular complexity index is 1380. The highest BCUT2D eigenvalue weighted by atomic mass is 16.5. The van der Waals surface area contributed by atoms with E-state index in [9.17, 15) is 9.59 Å². The summed E-state index contributed by atoms with van der Waals surface area (Å²) in [6.07, 6.45) is 0.787. The van der Waals surface area contributed by atoms with Gasteiger partial charge in [0, 0.05) is 6.07 Å².